The van der Waals surface area contributed by atoms with Gasteiger partial charge in [0.2, 0.25) is 0 Å². The molecule has 1 atom stereocenters. The number of carbonyl (C=O) groups is 1. The number of nitrogens with one attached hydrogen (secondary N) is 1. The third-order valence-electron chi connectivity index (χ3n) is 3.70. The molecular weight excluding hydrogens is 266 g/mol. The van der Waals surface area contributed by atoms with Gasteiger partial charge >= 0.3 is 0 Å². The number of hydrogen-bond acceptors (Lipinski definition) is 3. The fourth-order valence-electron chi connectivity index (χ4n) is 2.56. The fourth-order valence-corrected chi connectivity index (χ4v) is 2.56. The van der Waals surface area contributed by atoms with Crippen molar-refractivity contribution in [1.82, 2.24) is 15.1 Å². The molecule has 5 heteroatoms. The van der Waals surface area contributed by atoms with Crippen LogP contribution in [0.5, 0.6) is 0 Å². The maximum atomic E-state index is 12.2. The summed E-state index contributed by atoms with van der Waals surface area (Å²) in [5.74, 6) is -0.150. The van der Waals surface area contributed by atoms with Gasteiger partial charge in [-0.15, -0.1) is 0 Å². The minimum absolute atomic E-state index is 0.145. The van der Waals surface area contributed by atoms with E-state index in [4.69, 9.17) is 4.74 Å². The third kappa shape index (κ3) is 3.13. The average Bonchev–Trinajstić information content (AvgIpc) is 3.15. The highest BCUT2D eigenvalue weighted by Gasteiger charge is 2.18. The second-order valence-electron chi connectivity index (χ2n) is 5.25. The van der Waals surface area contributed by atoms with E-state index in [-0.39, 0.29) is 12.0 Å². The zero-order valence-electron chi connectivity index (χ0n) is 12.1. The van der Waals surface area contributed by atoms with Crippen molar-refractivity contribution >= 4 is 5.91 Å². The summed E-state index contributed by atoms with van der Waals surface area (Å²) in [6.45, 7) is 1.35. The highest BCUT2D eigenvalue weighted by Crippen LogP contribution is 2.19. The molecule has 0 bridgehead atoms. The monoisotopic (exact) mass is 285 g/mol. The van der Waals surface area contributed by atoms with E-state index in [2.05, 4.69) is 10.4 Å². The Kier molecular flexibility index (Phi) is 4.01. The largest absolute Gasteiger partial charge is 0.376 e. The standard InChI is InChI=1S/C16H19N3O2/c1-19-15(12-6-3-2-4-7-12)10-14(18-19)16(20)17-11-13-8-5-9-21-13/h2-4,6-7,10,13H,5,8-9,11H2,1H3,(H,17,20). The number of ether oxygens (including phenoxy) is 1. The molecule has 21 heavy (non-hydrogen) atoms. The summed E-state index contributed by atoms with van der Waals surface area (Å²) < 4.78 is 7.23. The Balaban J connectivity index is 1.69. The van der Waals surface area contributed by atoms with E-state index in [9.17, 15) is 4.79 Å². The van der Waals surface area contributed by atoms with Gasteiger partial charge in [0, 0.05) is 20.2 Å². The molecule has 1 aliphatic rings. The molecule has 2 aromatic rings. The van der Waals surface area contributed by atoms with Crippen molar-refractivity contribution < 1.29 is 9.53 Å². The lowest BCUT2D eigenvalue weighted by Crippen LogP contribution is -2.32. The van der Waals surface area contributed by atoms with Crippen LogP contribution in [0, 0.1) is 0 Å². The first-order chi connectivity index (χ1) is 10.2. The van der Waals surface area contributed by atoms with Crippen LogP contribution >= 0.6 is 0 Å². The average molecular weight is 285 g/mol. The summed E-state index contributed by atoms with van der Waals surface area (Å²) in [5, 5.41) is 7.19. The molecule has 1 saturated heterocycles. The highest BCUT2D eigenvalue weighted by atomic mass is 16.5. The number of nitrogens with zero attached hydrogens (tertiary/aromatic N) is 2. The first kappa shape index (κ1) is 13.8. The van der Waals surface area contributed by atoms with Crippen molar-refractivity contribution in [3.05, 3.63) is 42.1 Å². The molecule has 1 aromatic carbocycles. The van der Waals surface area contributed by atoms with Gasteiger partial charge in [0.15, 0.2) is 5.69 Å². The predicted octanol–water partition coefficient (Wildman–Crippen LogP) is 2.00. The maximum absolute atomic E-state index is 12.2. The lowest BCUT2D eigenvalue weighted by Gasteiger charge is -2.09. The van der Waals surface area contributed by atoms with Gasteiger partial charge in [-0.3, -0.25) is 9.48 Å². The topological polar surface area (TPSA) is 56.2 Å². The van der Waals surface area contributed by atoms with Crippen LogP contribution in [0.1, 0.15) is 23.3 Å². The molecule has 2 heterocycles. The summed E-state index contributed by atoms with van der Waals surface area (Å²) in [6, 6.07) is 11.7. The van der Waals surface area contributed by atoms with Crippen LogP contribution in [0.3, 0.4) is 0 Å². The van der Waals surface area contributed by atoms with Crippen molar-refractivity contribution in [2.75, 3.05) is 13.2 Å². The van der Waals surface area contributed by atoms with Gasteiger partial charge < -0.3 is 10.1 Å². The Morgan fingerprint density at radius 1 is 1.43 bits per heavy atom. The molecule has 110 valence electrons. The number of rotatable bonds is 4. The highest BCUT2D eigenvalue weighted by molar-refractivity contribution is 5.93. The van der Waals surface area contributed by atoms with Crippen LogP contribution in [0.15, 0.2) is 36.4 Å². The molecule has 3 rings (SSSR count). The van der Waals surface area contributed by atoms with Crippen LogP contribution in [0.2, 0.25) is 0 Å². The van der Waals surface area contributed by atoms with Gasteiger partial charge in [0.1, 0.15) is 0 Å². The van der Waals surface area contributed by atoms with Crippen LogP contribution < -0.4 is 5.32 Å². The zero-order valence-corrected chi connectivity index (χ0v) is 12.1. The molecule has 1 unspecified atom stereocenters. The number of amides is 1. The predicted molar refractivity (Wildman–Crippen MR) is 80.0 cm³/mol. The number of benzene rings is 1. The number of aromatic nitrogens is 2. The lowest BCUT2D eigenvalue weighted by atomic mass is 10.1. The Bertz CT molecular complexity index is 616. The summed E-state index contributed by atoms with van der Waals surface area (Å²) in [6.07, 6.45) is 2.23. The molecule has 0 radical (unpaired) electrons. The van der Waals surface area contributed by atoms with Crippen molar-refractivity contribution in [3.8, 4) is 11.3 Å². The van der Waals surface area contributed by atoms with Gasteiger partial charge in [0.25, 0.3) is 5.91 Å². The molecular formula is C16H19N3O2. The molecule has 0 spiro atoms. The van der Waals surface area contributed by atoms with E-state index in [1.807, 2.05) is 43.4 Å². The molecule has 1 N–H and O–H groups in total. The smallest absolute Gasteiger partial charge is 0.271 e. The SMILES string of the molecule is Cn1nc(C(=O)NCC2CCCO2)cc1-c1ccccc1. The van der Waals surface area contributed by atoms with Gasteiger partial charge in [0.05, 0.1) is 11.8 Å². The van der Waals surface area contributed by atoms with Gasteiger partial charge in [-0.2, -0.15) is 5.10 Å². The van der Waals surface area contributed by atoms with E-state index in [1.165, 1.54) is 0 Å². The van der Waals surface area contributed by atoms with Crippen molar-refractivity contribution in [2.24, 2.45) is 7.05 Å². The van der Waals surface area contributed by atoms with Gasteiger partial charge in [-0.25, -0.2) is 0 Å². The van der Waals surface area contributed by atoms with E-state index in [0.29, 0.717) is 12.2 Å². The Hall–Kier alpha value is -2.14. The number of hydrogen-bond donors (Lipinski definition) is 1. The van der Waals surface area contributed by atoms with Crippen LogP contribution in [-0.2, 0) is 11.8 Å². The van der Waals surface area contributed by atoms with Crippen LogP contribution in [-0.4, -0.2) is 34.9 Å². The molecule has 0 aliphatic carbocycles. The number of carbonyl (C=O) groups excluding carboxylic acids is 1. The first-order valence-electron chi connectivity index (χ1n) is 7.23. The van der Waals surface area contributed by atoms with Crippen molar-refractivity contribution in [1.29, 1.82) is 0 Å². The van der Waals surface area contributed by atoms with Gasteiger partial charge in [-0.05, 0) is 24.5 Å². The third-order valence-corrected chi connectivity index (χ3v) is 3.70. The fraction of sp³-hybridized carbons (Fsp3) is 0.375. The molecule has 1 aliphatic heterocycles. The maximum Gasteiger partial charge on any atom is 0.271 e. The summed E-state index contributed by atoms with van der Waals surface area (Å²) in [4.78, 5) is 12.2. The normalized spacial score (nSPS) is 17.9. The van der Waals surface area contributed by atoms with E-state index in [1.54, 1.807) is 4.68 Å². The van der Waals surface area contributed by atoms with Crippen molar-refractivity contribution in [2.45, 2.75) is 18.9 Å². The van der Waals surface area contributed by atoms with E-state index < -0.39 is 0 Å². The molecule has 1 fully saturated rings. The van der Waals surface area contributed by atoms with Crippen LogP contribution in [0.25, 0.3) is 11.3 Å². The zero-order chi connectivity index (χ0) is 14.7. The minimum atomic E-state index is -0.150. The minimum Gasteiger partial charge on any atom is -0.376 e. The molecule has 0 saturated carbocycles. The molecule has 5 nitrogen and oxygen atoms in total. The Labute approximate surface area is 123 Å². The Morgan fingerprint density at radius 3 is 2.95 bits per heavy atom. The molecule has 1 amide bonds. The van der Waals surface area contributed by atoms with E-state index in [0.717, 1.165) is 30.7 Å². The second kappa shape index (κ2) is 6.10. The second-order valence-corrected chi connectivity index (χ2v) is 5.25. The van der Waals surface area contributed by atoms with E-state index >= 15 is 0 Å². The summed E-state index contributed by atoms with van der Waals surface area (Å²) in [5.41, 5.74) is 2.41. The molecule has 1 aromatic heterocycles. The Morgan fingerprint density at radius 2 is 2.24 bits per heavy atom. The van der Waals surface area contributed by atoms with Gasteiger partial charge in [-0.1, -0.05) is 30.3 Å². The number of aryl methyl sites for hydroxylation is 1. The summed E-state index contributed by atoms with van der Waals surface area (Å²) >= 11 is 0. The summed E-state index contributed by atoms with van der Waals surface area (Å²) in [7, 11) is 1.85. The lowest BCUT2D eigenvalue weighted by molar-refractivity contribution is 0.0853. The quantitative estimate of drug-likeness (QED) is 0.934. The van der Waals surface area contributed by atoms with Crippen molar-refractivity contribution in [3.63, 3.8) is 0 Å². The van der Waals surface area contributed by atoms with Crippen LogP contribution in [0.4, 0.5) is 0 Å². The first-order valence-corrected chi connectivity index (χ1v) is 7.23.